The normalized spacial score (nSPS) is 14.8. The Hall–Kier alpha value is -1.74. The molecule has 1 unspecified atom stereocenters. The smallest absolute Gasteiger partial charge is 0.127 e. The van der Waals surface area contributed by atoms with Crippen LogP contribution in [-0.2, 0) is 12.8 Å². The zero-order valence-electron chi connectivity index (χ0n) is 12.8. The molecule has 3 rings (SSSR count). The van der Waals surface area contributed by atoms with E-state index >= 15 is 0 Å². The Morgan fingerprint density at radius 3 is 2.86 bits per heavy atom. The number of hydrogen-bond acceptors (Lipinski definition) is 3. The minimum Gasteiger partial charge on any atom is -0.493 e. The first-order valence-corrected chi connectivity index (χ1v) is 7.90. The van der Waals surface area contributed by atoms with E-state index in [1.807, 2.05) is 0 Å². The molecule has 0 fully saturated rings. The zero-order valence-corrected chi connectivity index (χ0v) is 12.8. The molecule has 0 radical (unpaired) electrons. The van der Waals surface area contributed by atoms with E-state index in [1.54, 1.807) is 0 Å². The first-order chi connectivity index (χ1) is 10.3. The molecule has 0 aliphatic carbocycles. The van der Waals surface area contributed by atoms with Gasteiger partial charge in [0.05, 0.1) is 12.6 Å². The lowest BCUT2D eigenvalue weighted by Gasteiger charge is -2.19. The van der Waals surface area contributed by atoms with Gasteiger partial charge in [0.2, 0.25) is 0 Å². The second-order valence-corrected chi connectivity index (χ2v) is 5.48. The molecule has 2 aromatic rings. The standard InChI is InChI=1S/C18H23NO2/c1-3-11-19-17(16-9-8-14(4-2)21-16)15-7-5-6-13-10-12-20-18(13)15/h5-9,17,19H,3-4,10-12H2,1-2H3. The maximum absolute atomic E-state index is 5.99. The topological polar surface area (TPSA) is 34.4 Å². The van der Waals surface area contributed by atoms with Crippen LogP contribution in [-0.4, -0.2) is 13.2 Å². The van der Waals surface area contributed by atoms with Crippen LogP contribution in [0, 0.1) is 0 Å². The van der Waals surface area contributed by atoms with Crippen molar-refractivity contribution in [3.63, 3.8) is 0 Å². The van der Waals surface area contributed by atoms with Gasteiger partial charge in [-0.1, -0.05) is 32.0 Å². The maximum Gasteiger partial charge on any atom is 0.127 e. The Labute approximate surface area is 126 Å². The molecule has 112 valence electrons. The summed E-state index contributed by atoms with van der Waals surface area (Å²) in [7, 11) is 0. The largest absolute Gasteiger partial charge is 0.493 e. The number of rotatable bonds is 6. The quantitative estimate of drug-likeness (QED) is 0.875. The minimum atomic E-state index is 0.0679. The predicted octanol–water partition coefficient (Wildman–Crippen LogP) is 3.87. The second-order valence-electron chi connectivity index (χ2n) is 5.48. The van der Waals surface area contributed by atoms with E-state index in [9.17, 15) is 0 Å². The van der Waals surface area contributed by atoms with Crippen molar-refractivity contribution < 1.29 is 9.15 Å². The molecule has 1 aliphatic rings. The summed E-state index contributed by atoms with van der Waals surface area (Å²) >= 11 is 0. The first kappa shape index (κ1) is 14.2. The number of fused-ring (bicyclic) bond motifs is 1. The SMILES string of the molecule is CCCNC(c1ccc(CC)o1)c1cccc2c1OCC2. The van der Waals surface area contributed by atoms with Gasteiger partial charge in [-0.05, 0) is 30.7 Å². The highest BCUT2D eigenvalue weighted by molar-refractivity contribution is 5.47. The predicted molar refractivity (Wildman–Crippen MR) is 83.9 cm³/mol. The number of ether oxygens (including phenoxy) is 1. The Kier molecular flexibility index (Phi) is 4.30. The van der Waals surface area contributed by atoms with Crippen LogP contribution < -0.4 is 10.1 Å². The van der Waals surface area contributed by atoms with E-state index in [2.05, 4.69) is 49.5 Å². The lowest BCUT2D eigenvalue weighted by molar-refractivity contribution is 0.345. The van der Waals surface area contributed by atoms with Crippen LogP contribution >= 0.6 is 0 Å². The molecule has 1 aliphatic heterocycles. The Morgan fingerprint density at radius 1 is 1.19 bits per heavy atom. The van der Waals surface area contributed by atoms with Crippen molar-refractivity contribution in [2.75, 3.05) is 13.2 Å². The fraction of sp³-hybridized carbons (Fsp3) is 0.444. The Balaban J connectivity index is 1.97. The first-order valence-electron chi connectivity index (χ1n) is 7.90. The molecular formula is C18H23NO2. The van der Waals surface area contributed by atoms with Gasteiger partial charge in [0.1, 0.15) is 17.3 Å². The lowest BCUT2D eigenvalue weighted by atomic mass is 10.00. The summed E-state index contributed by atoms with van der Waals surface area (Å²) in [5.41, 5.74) is 2.49. The van der Waals surface area contributed by atoms with Crippen LogP contribution in [0.25, 0.3) is 0 Å². The van der Waals surface area contributed by atoms with Gasteiger partial charge in [0.25, 0.3) is 0 Å². The molecule has 2 heterocycles. The van der Waals surface area contributed by atoms with E-state index < -0.39 is 0 Å². The van der Waals surface area contributed by atoms with Crippen LogP contribution in [0.5, 0.6) is 5.75 Å². The summed E-state index contributed by atoms with van der Waals surface area (Å²) in [5.74, 6) is 3.05. The molecule has 1 aromatic heterocycles. The van der Waals surface area contributed by atoms with Crippen molar-refractivity contribution in [2.45, 2.75) is 39.2 Å². The van der Waals surface area contributed by atoms with Crippen LogP contribution in [0.3, 0.4) is 0 Å². The number of nitrogens with one attached hydrogen (secondary N) is 1. The second kappa shape index (κ2) is 6.35. The van der Waals surface area contributed by atoms with E-state index in [1.165, 1.54) is 11.1 Å². The van der Waals surface area contributed by atoms with Gasteiger partial charge < -0.3 is 14.5 Å². The van der Waals surface area contributed by atoms with Crippen molar-refractivity contribution in [1.29, 1.82) is 0 Å². The molecule has 0 bridgehead atoms. The molecule has 1 N–H and O–H groups in total. The minimum absolute atomic E-state index is 0.0679. The highest BCUT2D eigenvalue weighted by Gasteiger charge is 2.25. The molecule has 0 amide bonds. The van der Waals surface area contributed by atoms with Crippen LogP contribution in [0.15, 0.2) is 34.7 Å². The maximum atomic E-state index is 5.99. The molecule has 21 heavy (non-hydrogen) atoms. The summed E-state index contributed by atoms with van der Waals surface area (Å²) in [6.07, 6.45) is 3.01. The lowest BCUT2D eigenvalue weighted by Crippen LogP contribution is -2.23. The van der Waals surface area contributed by atoms with Crippen molar-refractivity contribution in [3.05, 3.63) is 53.0 Å². The monoisotopic (exact) mass is 285 g/mol. The highest BCUT2D eigenvalue weighted by Crippen LogP contribution is 2.36. The highest BCUT2D eigenvalue weighted by atomic mass is 16.5. The Bertz CT molecular complexity index is 603. The molecule has 0 spiro atoms. The third-order valence-corrected chi connectivity index (χ3v) is 3.97. The summed E-state index contributed by atoms with van der Waals surface area (Å²) in [4.78, 5) is 0. The third-order valence-electron chi connectivity index (χ3n) is 3.97. The summed E-state index contributed by atoms with van der Waals surface area (Å²) in [5, 5.41) is 3.60. The van der Waals surface area contributed by atoms with Crippen molar-refractivity contribution >= 4 is 0 Å². The summed E-state index contributed by atoms with van der Waals surface area (Å²) < 4.78 is 11.9. The average molecular weight is 285 g/mol. The van der Waals surface area contributed by atoms with Crippen molar-refractivity contribution in [2.24, 2.45) is 0 Å². The molecule has 3 nitrogen and oxygen atoms in total. The fourth-order valence-corrected chi connectivity index (χ4v) is 2.86. The number of para-hydroxylation sites is 1. The van der Waals surface area contributed by atoms with Gasteiger partial charge in [0, 0.05) is 18.4 Å². The van der Waals surface area contributed by atoms with Crippen LogP contribution in [0.2, 0.25) is 0 Å². The van der Waals surface area contributed by atoms with Gasteiger partial charge >= 0.3 is 0 Å². The van der Waals surface area contributed by atoms with Gasteiger partial charge in [-0.2, -0.15) is 0 Å². The van der Waals surface area contributed by atoms with E-state index in [4.69, 9.17) is 9.15 Å². The average Bonchev–Trinajstić information content (AvgIpc) is 3.16. The number of aryl methyl sites for hydroxylation is 1. The molecule has 0 saturated carbocycles. The van der Waals surface area contributed by atoms with E-state index in [0.717, 1.165) is 49.7 Å². The van der Waals surface area contributed by atoms with Crippen molar-refractivity contribution in [3.8, 4) is 5.75 Å². The fourth-order valence-electron chi connectivity index (χ4n) is 2.86. The van der Waals surface area contributed by atoms with Gasteiger partial charge in [-0.3, -0.25) is 0 Å². The van der Waals surface area contributed by atoms with Crippen LogP contribution in [0.4, 0.5) is 0 Å². The molecular weight excluding hydrogens is 262 g/mol. The number of furan rings is 1. The molecule has 0 saturated heterocycles. The number of hydrogen-bond donors (Lipinski definition) is 1. The molecule has 3 heteroatoms. The van der Waals surface area contributed by atoms with Crippen molar-refractivity contribution in [1.82, 2.24) is 5.32 Å². The van der Waals surface area contributed by atoms with Gasteiger partial charge in [0.15, 0.2) is 0 Å². The van der Waals surface area contributed by atoms with Crippen LogP contribution in [0.1, 0.15) is 49.0 Å². The molecule has 1 aromatic carbocycles. The summed E-state index contributed by atoms with van der Waals surface area (Å²) in [6.45, 7) is 6.03. The van der Waals surface area contributed by atoms with E-state index in [0.29, 0.717) is 0 Å². The van der Waals surface area contributed by atoms with E-state index in [-0.39, 0.29) is 6.04 Å². The van der Waals surface area contributed by atoms with Gasteiger partial charge in [-0.25, -0.2) is 0 Å². The summed E-state index contributed by atoms with van der Waals surface area (Å²) in [6, 6.07) is 10.6. The number of benzene rings is 1. The third kappa shape index (κ3) is 2.84. The van der Waals surface area contributed by atoms with Gasteiger partial charge in [-0.15, -0.1) is 0 Å². The molecule has 1 atom stereocenters. The zero-order chi connectivity index (χ0) is 14.7. The Morgan fingerprint density at radius 2 is 2.10 bits per heavy atom.